The first-order valence-electron chi connectivity index (χ1n) is 11.4. The molecule has 35 heavy (non-hydrogen) atoms. The van der Waals surface area contributed by atoms with E-state index in [2.05, 4.69) is 56.6 Å². The molecular weight excluding hydrogens is 461 g/mol. The van der Waals surface area contributed by atoms with Gasteiger partial charge in [0.05, 0.1) is 6.54 Å². The number of halogens is 3. The average Bonchev–Trinajstić information content (AvgIpc) is 3.22. The summed E-state index contributed by atoms with van der Waals surface area (Å²) in [6.45, 7) is 6.39. The summed E-state index contributed by atoms with van der Waals surface area (Å²) >= 11 is 0. The zero-order valence-corrected chi connectivity index (χ0v) is 19.3. The Morgan fingerprint density at radius 2 is 1.63 bits per heavy atom. The highest BCUT2D eigenvalue weighted by atomic mass is 19.4. The number of hydrogen-bond donors (Lipinski definition) is 1. The maximum Gasteiger partial charge on any atom is 0.490 e. The lowest BCUT2D eigenvalue weighted by Gasteiger charge is -2.42. The summed E-state index contributed by atoms with van der Waals surface area (Å²) in [5.74, 6) is -2.44. The van der Waals surface area contributed by atoms with Crippen molar-refractivity contribution in [3.05, 3.63) is 60.6 Å². The topological polar surface area (TPSA) is 78.7 Å². The predicted octanol–water partition coefficient (Wildman–Crippen LogP) is 4.32. The first-order chi connectivity index (χ1) is 16.6. The van der Waals surface area contributed by atoms with Crippen LogP contribution in [0.2, 0.25) is 0 Å². The van der Waals surface area contributed by atoms with Crippen LogP contribution in [0.3, 0.4) is 0 Å². The molecule has 1 saturated heterocycles. The molecule has 1 aromatic carbocycles. The van der Waals surface area contributed by atoms with Crippen molar-refractivity contribution in [2.45, 2.75) is 39.0 Å². The molecule has 1 fully saturated rings. The van der Waals surface area contributed by atoms with Crippen LogP contribution in [-0.4, -0.2) is 57.2 Å². The van der Waals surface area contributed by atoms with E-state index < -0.39 is 12.1 Å². The third-order valence-electron chi connectivity index (χ3n) is 6.78. The van der Waals surface area contributed by atoms with E-state index in [9.17, 15) is 18.0 Å². The minimum atomic E-state index is -5.08. The quantitative estimate of drug-likeness (QED) is 0.582. The second-order valence-electron chi connectivity index (χ2n) is 9.13. The van der Waals surface area contributed by atoms with E-state index in [1.807, 2.05) is 24.5 Å². The summed E-state index contributed by atoms with van der Waals surface area (Å²) < 4.78 is 34.1. The van der Waals surface area contributed by atoms with E-state index >= 15 is 0 Å². The molecule has 0 unspecified atom stereocenters. The summed E-state index contributed by atoms with van der Waals surface area (Å²) in [6.07, 6.45) is 0.378. The third-order valence-corrected chi connectivity index (χ3v) is 6.78. The molecule has 0 spiro atoms. The van der Waals surface area contributed by atoms with Crippen molar-refractivity contribution in [3.63, 3.8) is 0 Å². The number of nitrogens with zero attached hydrogens (tertiary/aromatic N) is 4. The van der Waals surface area contributed by atoms with Crippen LogP contribution >= 0.6 is 0 Å². The second-order valence-corrected chi connectivity index (χ2v) is 9.13. The fourth-order valence-electron chi connectivity index (χ4n) is 4.74. The van der Waals surface area contributed by atoms with Gasteiger partial charge < -0.3 is 19.5 Å². The fourth-order valence-corrected chi connectivity index (χ4v) is 4.74. The molecule has 2 aliphatic rings. The Hall–Kier alpha value is -3.56. The van der Waals surface area contributed by atoms with Gasteiger partial charge >= 0.3 is 12.1 Å². The number of hydrogen-bond acceptors (Lipinski definition) is 4. The monoisotopic (exact) mass is 488 g/mol. The van der Waals surface area contributed by atoms with Crippen LogP contribution in [0.15, 0.2) is 54.9 Å². The number of aliphatic carboxylic acids is 1. The van der Waals surface area contributed by atoms with Crippen molar-refractivity contribution in [2.24, 2.45) is 5.41 Å². The van der Waals surface area contributed by atoms with Gasteiger partial charge in [-0.25, -0.2) is 4.79 Å². The van der Waals surface area contributed by atoms with Gasteiger partial charge in [-0.1, -0.05) is 25.1 Å². The summed E-state index contributed by atoms with van der Waals surface area (Å²) in [5, 5.41) is 8.39. The second kappa shape index (κ2) is 9.59. The van der Waals surface area contributed by atoms with E-state index in [0.717, 1.165) is 45.6 Å². The van der Waals surface area contributed by atoms with E-state index in [-0.39, 0.29) is 5.41 Å². The van der Waals surface area contributed by atoms with Crippen molar-refractivity contribution in [1.82, 2.24) is 14.5 Å². The number of carboxylic acids is 1. The average molecular weight is 489 g/mol. The molecule has 2 aromatic heterocycles. The number of rotatable bonds is 2. The van der Waals surface area contributed by atoms with Crippen molar-refractivity contribution >= 4 is 28.5 Å². The van der Waals surface area contributed by atoms with Crippen molar-refractivity contribution in [3.8, 4) is 0 Å². The largest absolute Gasteiger partial charge is 0.490 e. The molecule has 0 atom stereocenters. The van der Waals surface area contributed by atoms with Gasteiger partial charge in [0.15, 0.2) is 0 Å². The molecule has 0 radical (unpaired) electrons. The molecular formula is C25H27F3N4O3. The van der Waals surface area contributed by atoms with Gasteiger partial charge in [-0.15, -0.1) is 0 Å². The van der Waals surface area contributed by atoms with Gasteiger partial charge in [-0.05, 0) is 42.5 Å². The first-order valence-corrected chi connectivity index (χ1v) is 11.4. The zero-order chi connectivity index (χ0) is 25.2. The van der Waals surface area contributed by atoms with Crippen LogP contribution in [0.5, 0.6) is 0 Å². The van der Waals surface area contributed by atoms with Crippen LogP contribution in [0, 0.1) is 5.41 Å². The molecule has 3 aromatic rings. The number of aromatic nitrogens is 2. The summed E-state index contributed by atoms with van der Waals surface area (Å²) in [6, 6.07) is 14.8. The Kier molecular flexibility index (Phi) is 6.73. The summed E-state index contributed by atoms with van der Waals surface area (Å²) in [7, 11) is 0. The van der Waals surface area contributed by atoms with E-state index in [1.165, 1.54) is 22.3 Å². The van der Waals surface area contributed by atoms with Crippen molar-refractivity contribution in [1.29, 1.82) is 0 Å². The molecule has 0 aliphatic carbocycles. The van der Waals surface area contributed by atoms with E-state index in [1.54, 1.807) is 0 Å². The number of carbonyl (C=O) groups excluding carboxylic acids is 1. The number of piperidine rings is 1. The Morgan fingerprint density at radius 1 is 1.00 bits per heavy atom. The van der Waals surface area contributed by atoms with Crippen molar-refractivity contribution in [2.75, 3.05) is 24.5 Å². The maximum atomic E-state index is 13.4. The van der Waals surface area contributed by atoms with Crippen LogP contribution in [0.25, 0.3) is 10.9 Å². The lowest BCUT2D eigenvalue weighted by molar-refractivity contribution is -0.192. The van der Waals surface area contributed by atoms with Crippen LogP contribution in [-0.2, 0) is 22.7 Å². The summed E-state index contributed by atoms with van der Waals surface area (Å²) in [5.41, 5.74) is 3.46. The Balaban J connectivity index is 0.000000364. The van der Waals surface area contributed by atoms with Gasteiger partial charge in [0.2, 0.25) is 5.91 Å². The number of pyridine rings is 1. The number of fused-ring (bicyclic) bond motifs is 3. The molecule has 5 rings (SSSR count). The van der Waals surface area contributed by atoms with Gasteiger partial charge in [0.1, 0.15) is 0 Å². The van der Waals surface area contributed by atoms with Gasteiger partial charge in [0, 0.05) is 60.9 Å². The zero-order valence-electron chi connectivity index (χ0n) is 19.3. The molecule has 7 nitrogen and oxygen atoms in total. The van der Waals surface area contributed by atoms with Crippen LogP contribution < -0.4 is 4.90 Å². The third kappa shape index (κ3) is 5.26. The number of anilines is 1. The van der Waals surface area contributed by atoms with Crippen molar-refractivity contribution < 1.29 is 27.9 Å². The highest BCUT2D eigenvalue weighted by Gasteiger charge is 2.40. The highest BCUT2D eigenvalue weighted by Crippen LogP contribution is 2.36. The Labute approximate surface area is 200 Å². The number of carbonyl (C=O) groups is 2. The van der Waals surface area contributed by atoms with Gasteiger partial charge in [0.25, 0.3) is 0 Å². The normalized spacial score (nSPS) is 17.4. The van der Waals surface area contributed by atoms with Crippen LogP contribution in [0.4, 0.5) is 18.9 Å². The van der Waals surface area contributed by atoms with Gasteiger partial charge in [-0.2, -0.15) is 13.2 Å². The molecule has 10 heteroatoms. The minimum Gasteiger partial charge on any atom is -0.475 e. The molecule has 186 valence electrons. The molecule has 0 saturated carbocycles. The lowest BCUT2D eigenvalue weighted by Crippen LogP contribution is -2.50. The fraction of sp³-hybridized carbons (Fsp3) is 0.400. The molecule has 1 amide bonds. The number of benzene rings is 1. The van der Waals surface area contributed by atoms with Crippen LogP contribution in [0.1, 0.15) is 25.5 Å². The Bertz CT molecular complexity index is 1200. The number of amides is 1. The molecule has 4 heterocycles. The molecule has 0 bridgehead atoms. The maximum absolute atomic E-state index is 13.4. The SMILES string of the molecule is CC1(C(=O)N2CCn3c(cc4ccccc43)C2)CCN(c2ccncc2)CC1.O=C(O)C(F)(F)F. The molecule has 1 N–H and O–H groups in total. The molecule has 2 aliphatic heterocycles. The highest BCUT2D eigenvalue weighted by molar-refractivity contribution is 5.84. The number of alkyl halides is 3. The van der Waals surface area contributed by atoms with Gasteiger partial charge in [-0.3, -0.25) is 9.78 Å². The van der Waals surface area contributed by atoms with E-state index in [4.69, 9.17) is 9.90 Å². The first kappa shape index (κ1) is 24.6. The number of para-hydroxylation sites is 1. The van der Waals surface area contributed by atoms with E-state index in [0.29, 0.717) is 5.91 Å². The predicted molar refractivity (Wildman–Crippen MR) is 125 cm³/mol. The number of carboxylic acid groups (broad SMARTS) is 1. The minimum absolute atomic E-state index is 0.266. The Morgan fingerprint density at radius 3 is 2.26 bits per heavy atom. The lowest BCUT2D eigenvalue weighted by atomic mass is 9.78. The smallest absolute Gasteiger partial charge is 0.475 e. The summed E-state index contributed by atoms with van der Waals surface area (Å²) in [4.78, 5) is 30.9. The standard InChI is InChI=1S/C23H26N4O.C2HF3O2/c1-23(8-12-25(13-9-23)19-6-10-24-11-7-19)22(28)26-14-15-27-20(17-26)16-18-4-2-3-5-21(18)27;3-2(4,5)1(6)7/h2-7,10-11,16H,8-9,12-15,17H2,1H3;(H,6,7).